The van der Waals surface area contributed by atoms with Gasteiger partial charge in [-0.1, -0.05) is 17.7 Å². The normalized spacial score (nSPS) is 15.9. The molecular formula is C18H18N4. The summed E-state index contributed by atoms with van der Waals surface area (Å²) in [5, 5.41) is 8.33. The average molecular weight is 290 g/mol. The topological polar surface area (TPSA) is 42.7 Å². The number of rotatable bonds is 1. The second-order valence-electron chi connectivity index (χ2n) is 5.95. The quantitative estimate of drug-likeness (QED) is 0.740. The predicted molar refractivity (Wildman–Crippen MR) is 87.9 cm³/mol. The van der Waals surface area contributed by atoms with E-state index >= 15 is 0 Å². The van der Waals surface area contributed by atoms with Crippen molar-refractivity contribution in [1.29, 1.82) is 0 Å². The number of pyridine rings is 1. The van der Waals surface area contributed by atoms with E-state index in [4.69, 9.17) is 5.10 Å². The molecule has 0 aliphatic carbocycles. The largest absolute Gasteiger partial charge is 0.359 e. The van der Waals surface area contributed by atoms with Gasteiger partial charge in [0.15, 0.2) is 0 Å². The zero-order valence-corrected chi connectivity index (χ0v) is 13.0. The summed E-state index contributed by atoms with van der Waals surface area (Å²) in [5.41, 5.74) is 8.23. The Morgan fingerprint density at radius 2 is 2.00 bits per heavy atom. The number of aryl methyl sites for hydroxylation is 3. The average Bonchev–Trinajstić information content (AvgIpc) is 2.89. The summed E-state index contributed by atoms with van der Waals surface area (Å²) in [6.07, 6.45) is 3.67. The minimum atomic E-state index is -0.0219. The highest BCUT2D eigenvalue weighted by Crippen LogP contribution is 2.40. The van der Waals surface area contributed by atoms with Gasteiger partial charge in [0.25, 0.3) is 0 Å². The maximum atomic E-state index is 4.69. The molecule has 1 aliphatic heterocycles. The van der Waals surface area contributed by atoms with Crippen LogP contribution in [0.25, 0.3) is 11.3 Å². The van der Waals surface area contributed by atoms with E-state index in [2.05, 4.69) is 53.1 Å². The maximum absolute atomic E-state index is 4.69. The van der Waals surface area contributed by atoms with Crippen LogP contribution in [0.2, 0.25) is 0 Å². The molecule has 0 saturated heterocycles. The standard InChI is InChI=1S/C18H18N4/c1-11-7-12(2)17-15(8-11)16-9-13(3)21-22(16)18(20-17)14-5-4-6-19-10-14/h4-10,18,20H,1-3H3/t18-/m0/s1. The minimum Gasteiger partial charge on any atom is -0.359 e. The highest BCUT2D eigenvalue weighted by Gasteiger charge is 2.27. The minimum absolute atomic E-state index is 0.0219. The smallest absolute Gasteiger partial charge is 0.148 e. The van der Waals surface area contributed by atoms with Crippen molar-refractivity contribution in [3.8, 4) is 11.3 Å². The Balaban J connectivity index is 1.96. The summed E-state index contributed by atoms with van der Waals surface area (Å²) >= 11 is 0. The zero-order valence-electron chi connectivity index (χ0n) is 13.0. The van der Waals surface area contributed by atoms with E-state index in [0.29, 0.717) is 0 Å². The Morgan fingerprint density at radius 1 is 1.14 bits per heavy atom. The highest BCUT2D eigenvalue weighted by molar-refractivity contribution is 5.81. The van der Waals surface area contributed by atoms with E-state index in [1.54, 1.807) is 6.20 Å². The highest BCUT2D eigenvalue weighted by atomic mass is 15.4. The van der Waals surface area contributed by atoms with Crippen molar-refractivity contribution in [3.63, 3.8) is 0 Å². The van der Waals surface area contributed by atoms with Gasteiger partial charge in [0.1, 0.15) is 6.17 Å². The first kappa shape index (κ1) is 13.1. The Hall–Kier alpha value is -2.62. The Bertz CT molecular complexity index is 849. The molecule has 110 valence electrons. The summed E-state index contributed by atoms with van der Waals surface area (Å²) in [5.74, 6) is 0. The number of nitrogens with one attached hydrogen (secondary N) is 1. The number of benzene rings is 1. The van der Waals surface area contributed by atoms with Crippen LogP contribution < -0.4 is 5.32 Å². The molecule has 3 heterocycles. The summed E-state index contributed by atoms with van der Waals surface area (Å²) in [6, 6.07) is 10.6. The maximum Gasteiger partial charge on any atom is 0.148 e. The number of aromatic nitrogens is 3. The lowest BCUT2D eigenvalue weighted by Crippen LogP contribution is -2.26. The molecule has 1 aliphatic rings. The number of nitrogens with zero attached hydrogens (tertiary/aromatic N) is 3. The summed E-state index contributed by atoms with van der Waals surface area (Å²) in [4.78, 5) is 4.25. The molecule has 1 atom stereocenters. The van der Waals surface area contributed by atoms with Crippen LogP contribution in [-0.2, 0) is 0 Å². The van der Waals surface area contributed by atoms with Crippen molar-refractivity contribution in [1.82, 2.24) is 14.8 Å². The zero-order chi connectivity index (χ0) is 15.3. The molecule has 0 saturated carbocycles. The SMILES string of the molecule is Cc1cc(C)c2c(c1)-c1cc(C)nn1[C@@H](c1cccnc1)N2. The molecule has 22 heavy (non-hydrogen) atoms. The third-order valence-corrected chi connectivity index (χ3v) is 4.14. The molecule has 0 bridgehead atoms. The molecule has 0 radical (unpaired) electrons. The summed E-state index contributed by atoms with van der Waals surface area (Å²) in [6.45, 7) is 6.32. The molecule has 4 heteroatoms. The van der Waals surface area contributed by atoms with Gasteiger partial charge >= 0.3 is 0 Å². The molecule has 1 N–H and O–H groups in total. The van der Waals surface area contributed by atoms with Crippen molar-refractivity contribution in [2.24, 2.45) is 0 Å². The Kier molecular flexibility index (Phi) is 2.79. The third-order valence-electron chi connectivity index (χ3n) is 4.14. The predicted octanol–water partition coefficient (Wildman–Crippen LogP) is 3.84. The van der Waals surface area contributed by atoms with Crippen LogP contribution in [0, 0.1) is 20.8 Å². The molecule has 4 nitrogen and oxygen atoms in total. The van der Waals surface area contributed by atoms with Gasteiger partial charge in [-0.05, 0) is 44.5 Å². The van der Waals surface area contributed by atoms with Crippen molar-refractivity contribution in [3.05, 3.63) is 65.1 Å². The number of hydrogen-bond acceptors (Lipinski definition) is 3. The molecule has 2 aromatic heterocycles. The van der Waals surface area contributed by atoms with E-state index in [1.165, 1.54) is 22.4 Å². The van der Waals surface area contributed by atoms with E-state index in [0.717, 1.165) is 17.0 Å². The fourth-order valence-corrected chi connectivity index (χ4v) is 3.24. The lowest BCUT2D eigenvalue weighted by molar-refractivity contribution is 0.569. The van der Waals surface area contributed by atoms with E-state index < -0.39 is 0 Å². The Morgan fingerprint density at radius 3 is 2.77 bits per heavy atom. The van der Waals surface area contributed by atoms with Crippen molar-refractivity contribution in [2.45, 2.75) is 26.9 Å². The van der Waals surface area contributed by atoms with E-state index in [9.17, 15) is 0 Å². The van der Waals surface area contributed by atoms with Crippen LogP contribution in [0.1, 0.15) is 28.6 Å². The molecule has 0 amide bonds. The van der Waals surface area contributed by atoms with Crippen molar-refractivity contribution >= 4 is 5.69 Å². The van der Waals surface area contributed by atoms with Gasteiger partial charge in [-0.15, -0.1) is 0 Å². The van der Waals surface area contributed by atoms with Crippen LogP contribution in [-0.4, -0.2) is 14.8 Å². The number of fused-ring (bicyclic) bond motifs is 3. The first-order valence-electron chi connectivity index (χ1n) is 7.48. The van der Waals surface area contributed by atoms with Crippen molar-refractivity contribution in [2.75, 3.05) is 5.32 Å². The van der Waals surface area contributed by atoms with Gasteiger partial charge in [-0.25, -0.2) is 4.68 Å². The molecule has 0 spiro atoms. The molecular weight excluding hydrogens is 272 g/mol. The molecule has 1 aromatic carbocycles. The van der Waals surface area contributed by atoms with Gasteiger partial charge in [0, 0.05) is 29.2 Å². The van der Waals surface area contributed by atoms with Gasteiger partial charge in [-0.3, -0.25) is 4.98 Å². The van der Waals surface area contributed by atoms with Crippen LogP contribution >= 0.6 is 0 Å². The van der Waals surface area contributed by atoms with Crippen LogP contribution in [0.15, 0.2) is 42.7 Å². The molecule has 0 fully saturated rings. The van der Waals surface area contributed by atoms with E-state index in [1.807, 2.05) is 19.2 Å². The lowest BCUT2D eigenvalue weighted by Gasteiger charge is -2.30. The van der Waals surface area contributed by atoms with Gasteiger partial charge in [0.05, 0.1) is 11.4 Å². The monoisotopic (exact) mass is 290 g/mol. The molecule has 3 aromatic rings. The van der Waals surface area contributed by atoms with Gasteiger partial charge in [0.2, 0.25) is 0 Å². The fourth-order valence-electron chi connectivity index (χ4n) is 3.24. The third kappa shape index (κ3) is 1.91. The first-order chi connectivity index (χ1) is 10.6. The Labute approximate surface area is 129 Å². The van der Waals surface area contributed by atoms with E-state index in [-0.39, 0.29) is 6.17 Å². The number of anilines is 1. The fraction of sp³-hybridized carbons (Fsp3) is 0.222. The number of hydrogen-bond donors (Lipinski definition) is 1. The van der Waals surface area contributed by atoms with Gasteiger partial charge in [-0.2, -0.15) is 5.10 Å². The first-order valence-corrected chi connectivity index (χ1v) is 7.48. The van der Waals surface area contributed by atoms with Gasteiger partial charge < -0.3 is 5.32 Å². The summed E-state index contributed by atoms with van der Waals surface area (Å²) < 4.78 is 2.06. The lowest BCUT2D eigenvalue weighted by atomic mass is 9.98. The van der Waals surface area contributed by atoms with Crippen LogP contribution in [0.3, 0.4) is 0 Å². The molecule has 4 rings (SSSR count). The second-order valence-corrected chi connectivity index (χ2v) is 5.95. The van der Waals surface area contributed by atoms with Crippen LogP contribution in [0.4, 0.5) is 5.69 Å². The van der Waals surface area contributed by atoms with Crippen molar-refractivity contribution < 1.29 is 0 Å². The summed E-state index contributed by atoms with van der Waals surface area (Å²) in [7, 11) is 0. The molecule has 0 unspecified atom stereocenters. The van der Waals surface area contributed by atoms with Crippen LogP contribution in [0.5, 0.6) is 0 Å². The second kappa shape index (κ2) is 4.70.